The van der Waals surface area contributed by atoms with Crippen LogP contribution in [0, 0.1) is 0 Å². The van der Waals surface area contributed by atoms with Gasteiger partial charge in [0.15, 0.2) is 0 Å². The van der Waals surface area contributed by atoms with Crippen molar-refractivity contribution in [2.24, 2.45) is 0 Å². The zero-order valence-corrected chi connectivity index (χ0v) is 15.6. The van der Waals surface area contributed by atoms with E-state index in [1.165, 1.54) is 0 Å². The number of piperidine rings is 1. The van der Waals surface area contributed by atoms with Crippen molar-refractivity contribution in [3.63, 3.8) is 0 Å². The average molecular weight is 357 g/mol. The molecule has 1 rings (SSSR count). The lowest BCUT2D eigenvalue weighted by atomic mass is 10.0. The molecule has 1 heterocycles. The van der Waals surface area contributed by atoms with Gasteiger partial charge >= 0.3 is 5.97 Å². The molecular formula is C17H31N3O5. The van der Waals surface area contributed by atoms with E-state index in [1.807, 2.05) is 0 Å². The van der Waals surface area contributed by atoms with Crippen molar-refractivity contribution in [2.45, 2.75) is 38.6 Å². The first-order valence-corrected chi connectivity index (χ1v) is 8.89. The molecule has 8 nitrogen and oxygen atoms in total. The van der Waals surface area contributed by atoms with Gasteiger partial charge in [-0.25, -0.2) is 4.79 Å². The standard InChI is InChI=1S/C17H31N3O5/c1-4-25-17(23)14-8-5-6-10-20(14)16(22)13-19(2)12-15(21)18-9-7-11-24-3/h14H,4-13H2,1-3H3,(H,18,21). The number of nitrogens with one attached hydrogen (secondary N) is 1. The van der Waals surface area contributed by atoms with Crippen LogP contribution in [0.2, 0.25) is 0 Å². The molecule has 0 aromatic rings. The fourth-order valence-electron chi connectivity index (χ4n) is 2.84. The van der Waals surface area contributed by atoms with Crippen LogP contribution in [0.5, 0.6) is 0 Å². The highest BCUT2D eigenvalue weighted by atomic mass is 16.5. The summed E-state index contributed by atoms with van der Waals surface area (Å²) in [6, 6.07) is -0.502. The number of esters is 1. The Morgan fingerprint density at radius 2 is 2.00 bits per heavy atom. The highest BCUT2D eigenvalue weighted by molar-refractivity contribution is 5.86. The van der Waals surface area contributed by atoms with Crippen LogP contribution in [0.25, 0.3) is 0 Å². The summed E-state index contributed by atoms with van der Waals surface area (Å²) in [5, 5.41) is 2.79. The molecule has 25 heavy (non-hydrogen) atoms. The predicted molar refractivity (Wildman–Crippen MR) is 93.0 cm³/mol. The van der Waals surface area contributed by atoms with Gasteiger partial charge in [0.05, 0.1) is 19.7 Å². The van der Waals surface area contributed by atoms with Crippen molar-refractivity contribution in [2.75, 3.05) is 53.6 Å². The van der Waals surface area contributed by atoms with Gasteiger partial charge in [0.25, 0.3) is 0 Å². The Kier molecular flexibility index (Phi) is 10.1. The van der Waals surface area contributed by atoms with Gasteiger partial charge in [-0.3, -0.25) is 14.5 Å². The Bertz CT molecular complexity index is 444. The van der Waals surface area contributed by atoms with E-state index in [2.05, 4.69) is 5.32 Å². The minimum Gasteiger partial charge on any atom is -0.464 e. The van der Waals surface area contributed by atoms with Crippen LogP contribution in [-0.2, 0) is 23.9 Å². The third-order valence-electron chi connectivity index (χ3n) is 4.05. The van der Waals surface area contributed by atoms with Gasteiger partial charge in [-0.1, -0.05) is 0 Å². The molecular weight excluding hydrogens is 326 g/mol. The van der Waals surface area contributed by atoms with E-state index in [9.17, 15) is 14.4 Å². The van der Waals surface area contributed by atoms with Crippen LogP contribution < -0.4 is 5.32 Å². The number of rotatable bonds is 10. The molecule has 1 unspecified atom stereocenters. The van der Waals surface area contributed by atoms with Crippen LogP contribution >= 0.6 is 0 Å². The fraction of sp³-hybridized carbons (Fsp3) is 0.824. The smallest absolute Gasteiger partial charge is 0.328 e. The molecule has 0 aliphatic carbocycles. The lowest BCUT2D eigenvalue weighted by Gasteiger charge is -2.35. The van der Waals surface area contributed by atoms with Crippen molar-refractivity contribution in [3.8, 4) is 0 Å². The van der Waals surface area contributed by atoms with Gasteiger partial charge in [0.1, 0.15) is 6.04 Å². The second kappa shape index (κ2) is 11.8. The normalized spacial score (nSPS) is 17.4. The molecule has 0 saturated carbocycles. The van der Waals surface area contributed by atoms with E-state index in [4.69, 9.17) is 9.47 Å². The number of likely N-dealkylation sites (tertiary alicyclic amines) is 1. The molecule has 0 aromatic carbocycles. The Morgan fingerprint density at radius 1 is 1.24 bits per heavy atom. The zero-order chi connectivity index (χ0) is 18.7. The fourth-order valence-corrected chi connectivity index (χ4v) is 2.84. The summed E-state index contributed by atoms with van der Waals surface area (Å²) in [5.41, 5.74) is 0. The number of methoxy groups -OCH3 is 1. The van der Waals surface area contributed by atoms with E-state index in [0.717, 1.165) is 19.3 Å². The molecule has 1 fully saturated rings. The minimum atomic E-state index is -0.502. The number of nitrogens with zero attached hydrogens (tertiary/aromatic N) is 2. The number of carbonyl (C=O) groups excluding carboxylic acids is 3. The van der Waals surface area contributed by atoms with E-state index in [1.54, 1.807) is 30.9 Å². The van der Waals surface area contributed by atoms with Crippen molar-refractivity contribution < 1.29 is 23.9 Å². The summed E-state index contributed by atoms with van der Waals surface area (Å²) in [4.78, 5) is 39.7. The van der Waals surface area contributed by atoms with Gasteiger partial charge in [-0.2, -0.15) is 0 Å². The zero-order valence-electron chi connectivity index (χ0n) is 15.6. The summed E-state index contributed by atoms with van der Waals surface area (Å²) >= 11 is 0. The van der Waals surface area contributed by atoms with Gasteiger partial charge in [0, 0.05) is 26.8 Å². The van der Waals surface area contributed by atoms with E-state index < -0.39 is 6.04 Å². The lowest BCUT2D eigenvalue weighted by molar-refractivity contribution is -0.157. The van der Waals surface area contributed by atoms with Crippen LogP contribution in [-0.4, -0.2) is 87.2 Å². The molecule has 0 bridgehead atoms. The second-order valence-corrected chi connectivity index (χ2v) is 6.22. The molecule has 1 aliphatic heterocycles. The number of hydrogen-bond acceptors (Lipinski definition) is 6. The number of ether oxygens (including phenoxy) is 2. The minimum absolute atomic E-state index is 0.0986. The van der Waals surface area contributed by atoms with Crippen molar-refractivity contribution in [1.82, 2.24) is 15.1 Å². The van der Waals surface area contributed by atoms with Gasteiger partial charge in [-0.05, 0) is 39.7 Å². The summed E-state index contributed by atoms with van der Waals surface area (Å²) in [7, 11) is 3.33. The van der Waals surface area contributed by atoms with E-state index in [0.29, 0.717) is 32.7 Å². The first-order chi connectivity index (χ1) is 12.0. The van der Waals surface area contributed by atoms with Gasteiger partial charge < -0.3 is 19.7 Å². The largest absolute Gasteiger partial charge is 0.464 e. The summed E-state index contributed by atoms with van der Waals surface area (Å²) in [6.45, 7) is 3.99. The van der Waals surface area contributed by atoms with E-state index >= 15 is 0 Å². The number of hydrogen-bond donors (Lipinski definition) is 1. The van der Waals surface area contributed by atoms with Crippen molar-refractivity contribution >= 4 is 17.8 Å². The Labute approximate surface area is 149 Å². The average Bonchev–Trinajstić information content (AvgIpc) is 2.58. The molecule has 0 aromatic heterocycles. The predicted octanol–water partition coefficient (Wildman–Crippen LogP) is 0.0151. The summed E-state index contributed by atoms with van der Waals surface area (Å²) < 4.78 is 10.00. The number of carbonyl (C=O) groups is 3. The van der Waals surface area contributed by atoms with Gasteiger partial charge in [0.2, 0.25) is 11.8 Å². The molecule has 1 aliphatic rings. The monoisotopic (exact) mass is 357 g/mol. The van der Waals surface area contributed by atoms with Crippen molar-refractivity contribution in [3.05, 3.63) is 0 Å². The van der Waals surface area contributed by atoms with Crippen molar-refractivity contribution in [1.29, 1.82) is 0 Å². The van der Waals surface area contributed by atoms with Crippen LogP contribution in [0.3, 0.4) is 0 Å². The maximum Gasteiger partial charge on any atom is 0.328 e. The third kappa shape index (κ3) is 7.83. The highest BCUT2D eigenvalue weighted by Crippen LogP contribution is 2.18. The molecule has 8 heteroatoms. The maximum atomic E-state index is 12.5. The van der Waals surface area contributed by atoms with E-state index in [-0.39, 0.29) is 30.9 Å². The molecule has 144 valence electrons. The number of amides is 2. The molecule has 0 radical (unpaired) electrons. The molecule has 1 N–H and O–H groups in total. The third-order valence-corrected chi connectivity index (χ3v) is 4.05. The first-order valence-electron chi connectivity index (χ1n) is 8.89. The highest BCUT2D eigenvalue weighted by Gasteiger charge is 2.33. The SMILES string of the molecule is CCOC(=O)C1CCCCN1C(=O)CN(C)CC(=O)NCCCOC. The summed E-state index contributed by atoms with van der Waals surface area (Å²) in [5.74, 6) is -0.617. The molecule has 0 spiro atoms. The quantitative estimate of drug-likeness (QED) is 0.438. The second-order valence-electron chi connectivity index (χ2n) is 6.22. The van der Waals surface area contributed by atoms with Crippen LogP contribution in [0.1, 0.15) is 32.6 Å². The number of likely N-dealkylation sites (N-methyl/N-ethyl adjacent to an activating group) is 1. The Morgan fingerprint density at radius 3 is 2.68 bits per heavy atom. The first kappa shape index (κ1) is 21.4. The van der Waals surface area contributed by atoms with Crippen LogP contribution in [0.15, 0.2) is 0 Å². The molecule has 1 saturated heterocycles. The maximum absolute atomic E-state index is 12.5. The summed E-state index contributed by atoms with van der Waals surface area (Å²) in [6.07, 6.45) is 3.17. The topological polar surface area (TPSA) is 88.2 Å². The Hall–Kier alpha value is -1.67. The Balaban J connectivity index is 2.44. The van der Waals surface area contributed by atoms with Crippen LogP contribution in [0.4, 0.5) is 0 Å². The van der Waals surface area contributed by atoms with Gasteiger partial charge in [-0.15, -0.1) is 0 Å². The molecule has 2 amide bonds. The lowest BCUT2D eigenvalue weighted by Crippen LogP contribution is -2.52. The molecule has 1 atom stereocenters.